The maximum atomic E-state index is 12.6. The average Bonchev–Trinajstić information content (AvgIpc) is 2.85. The number of nitrogens with zero attached hydrogens (tertiary/aromatic N) is 1. The number of piperidine rings is 1. The quantitative estimate of drug-likeness (QED) is 0.876. The zero-order valence-corrected chi connectivity index (χ0v) is 14.7. The molecule has 5 nitrogen and oxygen atoms in total. The number of hydrogen-bond donors (Lipinski definition) is 2. The highest BCUT2D eigenvalue weighted by Gasteiger charge is 2.26. The van der Waals surface area contributed by atoms with E-state index in [1.54, 1.807) is 0 Å². The fourth-order valence-electron chi connectivity index (χ4n) is 3.15. The van der Waals surface area contributed by atoms with E-state index in [-0.39, 0.29) is 17.9 Å². The van der Waals surface area contributed by atoms with E-state index in [1.807, 2.05) is 31.7 Å². The molecule has 1 aromatic rings. The van der Waals surface area contributed by atoms with Crippen LogP contribution in [0.15, 0.2) is 6.07 Å². The maximum absolute atomic E-state index is 12.6. The highest BCUT2D eigenvalue weighted by molar-refractivity contribution is 5.94. The first kappa shape index (κ1) is 17.6. The summed E-state index contributed by atoms with van der Waals surface area (Å²) >= 11 is 0. The van der Waals surface area contributed by atoms with Crippen molar-refractivity contribution in [1.82, 2.24) is 15.2 Å². The molecular weight excluding hydrogens is 290 g/mol. The second kappa shape index (κ2) is 7.66. The van der Waals surface area contributed by atoms with E-state index < -0.39 is 0 Å². The lowest BCUT2D eigenvalue weighted by Crippen LogP contribution is -2.40. The van der Waals surface area contributed by atoms with Crippen LogP contribution in [0.3, 0.4) is 0 Å². The molecule has 2 amide bonds. The van der Waals surface area contributed by atoms with Crippen molar-refractivity contribution in [2.45, 2.75) is 59.4 Å². The molecule has 1 fully saturated rings. The second-order valence-electron chi connectivity index (χ2n) is 6.83. The number of rotatable bonds is 5. The molecule has 0 saturated carbocycles. The standard InChI is InChI=1S/C18H29N3O2/c1-5-13(3)19-16(22)11-15-6-8-21(9-7-15)18(23)17-12(2)10-14(4)20-17/h10,13,15,20H,5-9,11H2,1-4H3,(H,19,22)/t13-/m1/s1. The van der Waals surface area contributed by atoms with Crippen LogP contribution in [0.4, 0.5) is 0 Å². The van der Waals surface area contributed by atoms with Crippen molar-refractivity contribution in [3.63, 3.8) is 0 Å². The van der Waals surface area contributed by atoms with Crippen molar-refractivity contribution in [3.8, 4) is 0 Å². The first-order chi connectivity index (χ1) is 10.9. The first-order valence-corrected chi connectivity index (χ1v) is 8.65. The van der Waals surface area contributed by atoms with Crippen LogP contribution >= 0.6 is 0 Å². The fourth-order valence-corrected chi connectivity index (χ4v) is 3.15. The lowest BCUT2D eigenvalue weighted by molar-refractivity contribution is -0.122. The van der Waals surface area contributed by atoms with Gasteiger partial charge in [-0.3, -0.25) is 9.59 Å². The topological polar surface area (TPSA) is 65.2 Å². The zero-order valence-electron chi connectivity index (χ0n) is 14.7. The van der Waals surface area contributed by atoms with Gasteiger partial charge in [-0.1, -0.05) is 6.92 Å². The van der Waals surface area contributed by atoms with Gasteiger partial charge in [0.05, 0.1) is 0 Å². The molecule has 1 aliphatic rings. The first-order valence-electron chi connectivity index (χ1n) is 8.65. The van der Waals surface area contributed by atoms with Crippen molar-refractivity contribution in [2.75, 3.05) is 13.1 Å². The van der Waals surface area contributed by atoms with Crippen molar-refractivity contribution < 1.29 is 9.59 Å². The Kier molecular flexibility index (Phi) is 5.85. The summed E-state index contributed by atoms with van der Waals surface area (Å²) in [6.45, 7) is 9.49. The molecule has 0 spiro atoms. The van der Waals surface area contributed by atoms with Crippen molar-refractivity contribution in [1.29, 1.82) is 0 Å². The van der Waals surface area contributed by atoms with Crippen molar-refractivity contribution in [2.24, 2.45) is 5.92 Å². The Bertz CT molecular complexity index is 557. The Morgan fingerprint density at radius 2 is 2.00 bits per heavy atom. The molecule has 5 heteroatoms. The SMILES string of the molecule is CC[C@@H](C)NC(=O)CC1CCN(C(=O)c2[nH]c(C)cc2C)CC1. The van der Waals surface area contributed by atoms with Crippen LogP contribution in [-0.4, -0.2) is 40.8 Å². The molecule has 2 N–H and O–H groups in total. The molecule has 0 radical (unpaired) electrons. The molecule has 1 aliphatic heterocycles. The Morgan fingerprint density at radius 3 is 2.52 bits per heavy atom. The van der Waals surface area contributed by atoms with E-state index in [9.17, 15) is 9.59 Å². The van der Waals surface area contributed by atoms with Gasteiger partial charge in [-0.25, -0.2) is 0 Å². The van der Waals surface area contributed by atoms with E-state index in [0.29, 0.717) is 18.0 Å². The minimum absolute atomic E-state index is 0.0816. The normalized spacial score (nSPS) is 17.1. The summed E-state index contributed by atoms with van der Waals surface area (Å²) in [5.41, 5.74) is 2.72. The predicted octanol–water partition coefficient (Wildman–Crippen LogP) is 2.79. The van der Waals surface area contributed by atoms with Crippen molar-refractivity contribution in [3.05, 3.63) is 23.0 Å². The molecule has 1 atom stereocenters. The fraction of sp³-hybridized carbons (Fsp3) is 0.667. The van der Waals surface area contributed by atoms with Crippen LogP contribution in [-0.2, 0) is 4.79 Å². The van der Waals surface area contributed by atoms with Crippen LogP contribution in [0.5, 0.6) is 0 Å². The molecule has 0 aromatic carbocycles. The number of carbonyl (C=O) groups is 2. The third-order valence-corrected chi connectivity index (χ3v) is 4.76. The maximum Gasteiger partial charge on any atom is 0.270 e. The van der Waals surface area contributed by atoms with Gasteiger partial charge in [0.2, 0.25) is 5.91 Å². The molecule has 0 unspecified atom stereocenters. The van der Waals surface area contributed by atoms with Crippen LogP contribution in [0.25, 0.3) is 0 Å². The zero-order chi connectivity index (χ0) is 17.0. The summed E-state index contributed by atoms with van der Waals surface area (Å²) in [4.78, 5) is 29.6. The Morgan fingerprint density at radius 1 is 1.35 bits per heavy atom. The number of amides is 2. The summed E-state index contributed by atoms with van der Waals surface area (Å²) in [6, 6.07) is 2.24. The molecule has 128 valence electrons. The summed E-state index contributed by atoms with van der Waals surface area (Å²) in [6.07, 6.45) is 3.33. The van der Waals surface area contributed by atoms with E-state index in [2.05, 4.69) is 17.2 Å². The molecular formula is C18H29N3O2. The minimum atomic E-state index is 0.0816. The Hall–Kier alpha value is -1.78. The summed E-state index contributed by atoms with van der Waals surface area (Å²) < 4.78 is 0. The van der Waals surface area contributed by atoms with Crippen LogP contribution in [0.2, 0.25) is 0 Å². The van der Waals surface area contributed by atoms with Gasteiger partial charge in [-0.05, 0) is 57.6 Å². The minimum Gasteiger partial charge on any atom is -0.354 e. The highest BCUT2D eigenvalue weighted by atomic mass is 16.2. The van der Waals surface area contributed by atoms with Gasteiger partial charge in [0.15, 0.2) is 0 Å². The van der Waals surface area contributed by atoms with Crippen LogP contribution < -0.4 is 5.32 Å². The summed E-state index contributed by atoms with van der Waals surface area (Å²) in [5, 5.41) is 3.02. The van der Waals surface area contributed by atoms with E-state index in [4.69, 9.17) is 0 Å². The van der Waals surface area contributed by atoms with E-state index >= 15 is 0 Å². The Labute approximate surface area is 138 Å². The molecule has 0 bridgehead atoms. The summed E-state index contributed by atoms with van der Waals surface area (Å²) in [7, 11) is 0. The third-order valence-electron chi connectivity index (χ3n) is 4.76. The Balaban J connectivity index is 1.83. The van der Waals surface area contributed by atoms with Crippen molar-refractivity contribution >= 4 is 11.8 Å². The van der Waals surface area contributed by atoms with Gasteiger partial charge in [-0.15, -0.1) is 0 Å². The molecule has 23 heavy (non-hydrogen) atoms. The highest BCUT2D eigenvalue weighted by Crippen LogP contribution is 2.22. The molecule has 2 rings (SSSR count). The lowest BCUT2D eigenvalue weighted by Gasteiger charge is -2.32. The third kappa shape index (κ3) is 4.60. The number of nitrogens with one attached hydrogen (secondary N) is 2. The van der Waals surface area contributed by atoms with Crippen LogP contribution in [0.1, 0.15) is 61.3 Å². The number of hydrogen-bond acceptors (Lipinski definition) is 2. The lowest BCUT2D eigenvalue weighted by atomic mass is 9.93. The van der Waals surface area contributed by atoms with Crippen LogP contribution in [0, 0.1) is 19.8 Å². The van der Waals surface area contributed by atoms with Gasteiger partial charge < -0.3 is 15.2 Å². The molecule has 1 aromatic heterocycles. The van der Waals surface area contributed by atoms with E-state index in [1.165, 1.54) is 0 Å². The monoisotopic (exact) mass is 319 g/mol. The molecule has 1 saturated heterocycles. The van der Waals surface area contributed by atoms with Gasteiger partial charge in [0, 0.05) is 31.2 Å². The van der Waals surface area contributed by atoms with Gasteiger partial charge in [-0.2, -0.15) is 0 Å². The average molecular weight is 319 g/mol. The molecule has 0 aliphatic carbocycles. The predicted molar refractivity (Wildman–Crippen MR) is 91.4 cm³/mol. The van der Waals surface area contributed by atoms with Gasteiger partial charge in [0.25, 0.3) is 5.91 Å². The number of H-pyrrole nitrogens is 1. The smallest absolute Gasteiger partial charge is 0.270 e. The number of carbonyl (C=O) groups excluding carboxylic acids is 2. The largest absolute Gasteiger partial charge is 0.354 e. The molecule has 2 heterocycles. The summed E-state index contributed by atoms with van der Waals surface area (Å²) in [5.74, 6) is 0.604. The van der Waals surface area contributed by atoms with Gasteiger partial charge >= 0.3 is 0 Å². The van der Waals surface area contributed by atoms with E-state index in [0.717, 1.165) is 43.6 Å². The van der Waals surface area contributed by atoms with Gasteiger partial charge in [0.1, 0.15) is 5.69 Å². The number of likely N-dealkylation sites (tertiary alicyclic amines) is 1. The number of aromatic amines is 1. The second-order valence-corrected chi connectivity index (χ2v) is 6.83. The number of aryl methyl sites for hydroxylation is 2. The number of aromatic nitrogens is 1.